The number of Topliss-reactive ketones (excluding diaryl/α,β-unsaturated/α-hetero) is 3. The Labute approximate surface area is 251 Å². The van der Waals surface area contributed by atoms with Gasteiger partial charge in [0, 0.05) is 37.9 Å². The van der Waals surface area contributed by atoms with Crippen LogP contribution in [0.2, 0.25) is 0 Å². The minimum absolute atomic E-state index is 0. The van der Waals surface area contributed by atoms with Gasteiger partial charge in [0.05, 0.1) is 14.6 Å². The van der Waals surface area contributed by atoms with Crippen molar-refractivity contribution in [2.24, 2.45) is 0 Å². The monoisotopic (exact) mass is 647 g/mol. The maximum Gasteiger partial charge on any atom is 0.184 e. The van der Waals surface area contributed by atoms with Gasteiger partial charge < -0.3 is 13.2 Å². The maximum absolute atomic E-state index is 11.6. The summed E-state index contributed by atoms with van der Waals surface area (Å²) in [5, 5.41) is 0. The topological polar surface area (TPSA) is 64.4 Å². The molecule has 0 radical (unpaired) electrons. The van der Waals surface area contributed by atoms with Gasteiger partial charge in [-0.1, -0.05) is 18.2 Å². The van der Waals surface area contributed by atoms with Crippen LogP contribution < -0.4 is 0 Å². The third kappa shape index (κ3) is 4.50. The SMILES string of the molecule is Br.O=C1CC=Cc2sc3cccn3c21.O=C1CC=Cc2sc3cccn3c21.O=C1CC=Cc2sc3cccn3c21. The van der Waals surface area contributed by atoms with Gasteiger partial charge in [-0.3, -0.25) is 14.4 Å². The number of allylic oxidation sites excluding steroid dienone is 3. The third-order valence-electron chi connectivity index (χ3n) is 6.71. The second-order valence-electron chi connectivity index (χ2n) is 9.18. The molecule has 0 atom stereocenters. The molecule has 0 aliphatic heterocycles. The van der Waals surface area contributed by atoms with Gasteiger partial charge in [0.15, 0.2) is 17.3 Å². The Morgan fingerprint density at radius 3 is 1.10 bits per heavy atom. The highest BCUT2D eigenvalue weighted by Gasteiger charge is 2.20. The number of ketones is 3. The molecule has 0 N–H and O–H groups in total. The summed E-state index contributed by atoms with van der Waals surface area (Å²) in [5.41, 5.74) is 2.56. The molecule has 0 amide bonds. The summed E-state index contributed by atoms with van der Waals surface area (Å²) in [7, 11) is 0. The van der Waals surface area contributed by atoms with E-state index in [9.17, 15) is 14.4 Å². The van der Waals surface area contributed by atoms with Crippen LogP contribution in [0, 0.1) is 0 Å². The molecule has 10 heteroatoms. The van der Waals surface area contributed by atoms with Crippen LogP contribution in [0.25, 0.3) is 32.7 Å². The third-order valence-corrected chi connectivity index (χ3v) is 9.98. The van der Waals surface area contributed by atoms with Gasteiger partial charge >= 0.3 is 0 Å². The Hall–Kier alpha value is -3.57. The van der Waals surface area contributed by atoms with E-state index in [1.165, 1.54) is 0 Å². The van der Waals surface area contributed by atoms with Crippen LogP contribution >= 0.6 is 51.0 Å². The zero-order valence-electron chi connectivity index (χ0n) is 21.0. The molecule has 0 aromatic carbocycles. The number of halogens is 1. The predicted octanol–water partition coefficient (Wildman–Crippen LogP) is 8.38. The van der Waals surface area contributed by atoms with Crippen LogP contribution in [0.1, 0.15) is 65.4 Å². The van der Waals surface area contributed by atoms with E-state index < -0.39 is 0 Å². The van der Waals surface area contributed by atoms with Crippen molar-refractivity contribution in [2.45, 2.75) is 19.3 Å². The average molecular weight is 649 g/mol. The number of fused-ring (bicyclic) bond motifs is 9. The van der Waals surface area contributed by atoms with E-state index in [1.54, 1.807) is 34.0 Å². The molecule has 0 saturated carbocycles. The summed E-state index contributed by atoms with van der Waals surface area (Å²) in [4.78, 5) is 41.5. The maximum atomic E-state index is 11.6. The van der Waals surface area contributed by atoms with Crippen molar-refractivity contribution in [3.63, 3.8) is 0 Å². The van der Waals surface area contributed by atoms with Gasteiger partial charge in [-0.25, -0.2) is 0 Å². The molecule has 0 unspecified atom stereocenters. The lowest BCUT2D eigenvalue weighted by molar-refractivity contribution is 0.0981. The smallest absolute Gasteiger partial charge is 0.184 e. The van der Waals surface area contributed by atoms with Crippen molar-refractivity contribution in [2.75, 3.05) is 0 Å². The second kappa shape index (κ2) is 10.8. The molecule has 6 aromatic rings. The first-order valence-electron chi connectivity index (χ1n) is 12.5. The molecule has 0 saturated heterocycles. The van der Waals surface area contributed by atoms with E-state index >= 15 is 0 Å². The Morgan fingerprint density at radius 2 is 0.800 bits per heavy atom. The van der Waals surface area contributed by atoms with Gasteiger partial charge in [0.25, 0.3) is 0 Å². The van der Waals surface area contributed by atoms with E-state index in [2.05, 4.69) is 0 Å². The first kappa shape index (κ1) is 26.6. The first-order valence-corrected chi connectivity index (χ1v) is 14.9. The fourth-order valence-electron chi connectivity index (χ4n) is 5.00. The second-order valence-corrected chi connectivity index (χ2v) is 12.4. The molecule has 0 bridgehead atoms. The van der Waals surface area contributed by atoms with Crippen molar-refractivity contribution in [1.82, 2.24) is 13.2 Å². The Bertz CT molecular complexity index is 1790. The van der Waals surface area contributed by atoms with Gasteiger partial charge in [0.2, 0.25) is 0 Å². The fourth-order valence-corrected chi connectivity index (χ4v) is 8.29. The lowest BCUT2D eigenvalue weighted by atomic mass is 10.1. The van der Waals surface area contributed by atoms with Crippen LogP contribution in [-0.4, -0.2) is 30.6 Å². The summed E-state index contributed by atoms with van der Waals surface area (Å²) in [6.07, 6.45) is 19.4. The van der Waals surface area contributed by atoms with Crippen LogP contribution in [0.5, 0.6) is 0 Å². The highest BCUT2D eigenvalue weighted by Crippen LogP contribution is 2.31. The lowest BCUT2D eigenvalue weighted by Gasteiger charge is -2.02. The average Bonchev–Trinajstić information content (AvgIpc) is 3.72. The highest BCUT2D eigenvalue weighted by molar-refractivity contribution is 8.93. The van der Waals surface area contributed by atoms with Crippen molar-refractivity contribution in [1.29, 1.82) is 0 Å². The van der Waals surface area contributed by atoms with E-state index in [4.69, 9.17) is 0 Å². The van der Waals surface area contributed by atoms with Crippen molar-refractivity contribution in [3.05, 3.63) is 105 Å². The largest absolute Gasteiger partial charge is 0.304 e. The summed E-state index contributed by atoms with van der Waals surface area (Å²) in [5.74, 6) is 0.667. The van der Waals surface area contributed by atoms with Gasteiger partial charge in [0.1, 0.15) is 31.6 Å². The zero-order chi connectivity index (χ0) is 26.5. The Morgan fingerprint density at radius 1 is 0.500 bits per heavy atom. The summed E-state index contributed by atoms with van der Waals surface area (Å²) >= 11 is 5.00. The number of hydrogen-bond donors (Lipinski definition) is 0. The molecule has 6 nitrogen and oxygen atoms in total. The van der Waals surface area contributed by atoms with E-state index in [-0.39, 0.29) is 34.3 Å². The quantitative estimate of drug-likeness (QED) is 0.166. The molecule has 6 heterocycles. The fraction of sp³-hybridized carbons (Fsp3) is 0.100. The number of hydrogen-bond acceptors (Lipinski definition) is 6. The summed E-state index contributed by atoms with van der Waals surface area (Å²) in [6.45, 7) is 0. The van der Waals surface area contributed by atoms with Gasteiger partial charge in [-0.05, 0) is 54.6 Å². The van der Waals surface area contributed by atoms with E-state index in [0.29, 0.717) is 19.3 Å². The molecular weight excluding hydrogens is 626 g/mol. The molecule has 3 aliphatic carbocycles. The van der Waals surface area contributed by atoms with E-state index in [0.717, 1.165) is 46.2 Å². The van der Waals surface area contributed by atoms with Gasteiger partial charge in [-0.2, -0.15) is 0 Å². The van der Waals surface area contributed by atoms with Crippen LogP contribution in [0.4, 0.5) is 0 Å². The molecule has 0 spiro atoms. The molecule has 6 aromatic heterocycles. The first-order chi connectivity index (χ1) is 19.1. The summed E-state index contributed by atoms with van der Waals surface area (Å²) in [6, 6.07) is 12.0. The Kier molecular flexibility index (Phi) is 7.18. The number of nitrogens with zero attached hydrogens (tertiary/aromatic N) is 3. The number of carbonyl (C=O) groups excluding carboxylic acids is 3. The number of carbonyl (C=O) groups is 3. The van der Waals surface area contributed by atoms with Gasteiger partial charge in [-0.15, -0.1) is 51.0 Å². The van der Waals surface area contributed by atoms with Crippen LogP contribution in [0.3, 0.4) is 0 Å². The molecular formula is C30H22BrN3O3S3. The highest BCUT2D eigenvalue weighted by atomic mass is 79.9. The molecule has 9 rings (SSSR count). The zero-order valence-corrected chi connectivity index (χ0v) is 25.1. The standard InChI is InChI=1S/3C10H7NOS.BrH/c3*12-7-3-1-4-8-10(7)11-6-2-5-9(11)13-8;/h3*1-2,4-6H,3H2;1H. The van der Waals surface area contributed by atoms with Crippen molar-refractivity contribution >= 4 is 101 Å². The normalized spacial score (nSPS) is 14.8. The van der Waals surface area contributed by atoms with Crippen molar-refractivity contribution in [3.8, 4) is 0 Å². The minimum atomic E-state index is 0. The Balaban J connectivity index is 0.000000107. The number of rotatable bonds is 0. The lowest BCUT2D eigenvalue weighted by Crippen LogP contribution is -2.05. The predicted molar refractivity (Wildman–Crippen MR) is 170 cm³/mol. The van der Waals surface area contributed by atoms with Crippen LogP contribution in [-0.2, 0) is 0 Å². The number of aromatic nitrogens is 3. The minimum Gasteiger partial charge on any atom is -0.304 e. The molecule has 40 heavy (non-hydrogen) atoms. The summed E-state index contributed by atoms with van der Waals surface area (Å²) < 4.78 is 5.93. The molecule has 0 fully saturated rings. The van der Waals surface area contributed by atoms with Crippen molar-refractivity contribution < 1.29 is 14.4 Å². The van der Waals surface area contributed by atoms with E-state index in [1.807, 2.05) is 105 Å². The molecule has 3 aliphatic rings. The van der Waals surface area contributed by atoms with Crippen LogP contribution in [0.15, 0.2) is 73.2 Å². The number of thiazole rings is 3. The molecule has 200 valence electrons.